The number of hydrogen-bond acceptors (Lipinski definition) is 28. The van der Waals surface area contributed by atoms with Gasteiger partial charge in [-0.15, -0.1) is 0 Å². The van der Waals surface area contributed by atoms with Crippen molar-refractivity contribution in [3.05, 3.63) is 60.2 Å². The van der Waals surface area contributed by atoms with Crippen molar-refractivity contribution in [2.45, 2.75) is 167 Å². The Morgan fingerprint density at radius 3 is 1.85 bits per heavy atom. The van der Waals surface area contributed by atoms with Crippen molar-refractivity contribution < 1.29 is 128 Å². The summed E-state index contributed by atoms with van der Waals surface area (Å²) in [5.41, 5.74) is 0.299. The minimum atomic E-state index is -2.37. The van der Waals surface area contributed by atoms with Crippen molar-refractivity contribution in [3.63, 3.8) is 0 Å². The predicted octanol–water partition coefficient (Wildman–Crippen LogP) is -11.9. The predicted molar refractivity (Wildman–Crippen MR) is 317 cm³/mol. The van der Waals surface area contributed by atoms with E-state index >= 15 is 0 Å². The Balaban J connectivity index is 1.08. The zero-order valence-corrected chi connectivity index (χ0v) is 51.1. The van der Waals surface area contributed by atoms with Gasteiger partial charge in [-0.1, -0.05) is 44.2 Å². The molecule has 0 aromatic heterocycles. The third-order valence-electron chi connectivity index (χ3n) is 16.7. The number of amides is 6. The Labute approximate surface area is 540 Å². The lowest BCUT2D eigenvalue weighted by Gasteiger charge is -2.46. The molecule has 0 bridgehead atoms. The molecule has 2 aromatic rings. The number of aliphatic hydroxyl groups excluding tert-OH is 13. The van der Waals surface area contributed by atoms with Gasteiger partial charge in [0.1, 0.15) is 116 Å². The maximum absolute atomic E-state index is 15.0. The quantitative estimate of drug-likeness (QED) is 0.0581. The summed E-state index contributed by atoms with van der Waals surface area (Å²) in [5.74, 6) is -9.42. The van der Waals surface area contributed by atoms with Crippen molar-refractivity contribution in [1.82, 2.24) is 47.4 Å². The number of esters is 1. The molecule has 6 fully saturated rings. The van der Waals surface area contributed by atoms with Gasteiger partial charge in [-0.05, 0) is 35.7 Å². The number of para-hydroxylation sites is 1. The van der Waals surface area contributed by atoms with Crippen molar-refractivity contribution in [2.75, 3.05) is 57.5 Å². The molecule has 0 saturated carbocycles. The van der Waals surface area contributed by atoms with Crippen LogP contribution in [-0.4, -0.2) is 318 Å². The number of benzene rings is 2. The molecule has 6 saturated heterocycles. The summed E-state index contributed by atoms with van der Waals surface area (Å²) in [6.45, 7) is -2.93. The molecular weight excluding hydrogens is 1270 g/mol. The summed E-state index contributed by atoms with van der Waals surface area (Å²) in [5, 5.41) is 178. The van der Waals surface area contributed by atoms with E-state index in [1.54, 1.807) is 19.9 Å². The van der Waals surface area contributed by atoms with Gasteiger partial charge in [-0.3, -0.25) is 44.4 Å². The lowest BCUT2D eigenvalue weighted by Crippen LogP contribution is -2.69. The summed E-state index contributed by atoms with van der Waals surface area (Å²) in [6, 6.07) is 1.48. The third kappa shape index (κ3) is 17.2. The van der Waals surface area contributed by atoms with Crippen molar-refractivity contribution >= 4 is 59.0 Å². The number of hydrogen-bond donors (Lipinski definition) is 23. The molecule has 38 heteroatoms. The number of nitrogens with one attached hydrogen (secondary N) is 10. The molecule has 0 spiro atoms. The lowest BCUT2D eigenvalue weighted by molar-refractivity contribution is -0.353. The van der Waals surface area contributed by atoms with E-state index in [0.29, 0.717) is 0 Å². The minimum absolute atomic E-state index is 0.0882. The first-order valence-corrected chi connectivity index (χ1v) is 30.3. The maximum Gasteiger partial charge on any atom is 0.306 e. The second-order valence-corrected chi connectivity index (χ2v) is 23.8. The third-order valence-corrected chi connectivity index (χ3v) is 16.7. The SMILES string of the molecule is CC(C)CC(=O)O[C@@H]1[C@@H](O[C@H]2[C@H](O)[C@H](O)[C@@H](Oc3ccc(C[C@H]4NC(=O)CN(c5ccccc5)C(=O)CNC(=O)[C@H](CO)NC(=O)[C@@H](C(O)C5CNC(=N)N5[C@H]5O[C@H](CO)[C@@H](O)[C@H](O)[C@@H]5O)NC(=O)[C@H](C(O)C5CNC(=N)N5)NC4=O)cc3)O[C@@H]2CO)O[C@H](CO)[C@@H](O)[C@@H]1O. The molecule has 4 unspecified atom stereocenters. The Hall–Kier alpha value is -7.61. The molecule has 0 radical (unpaired) electrons. The first kappa shape index (κ1) is 73.2. The Morgan fingerprint density at radius 2 is 1.22 bits per heavy atom. The van der Waals surface area contributed by atoms with Gasteiger partial charge in [-0.25, -0.2) is 0 Å². The fourth-order valence-electron chi connectivity index (χ4n) is 11.5. The molecular formula is C57H82N12O26. The summed E-state index contributed by atoms with van der Waals surface area (Å²) in [4.78, 5) is 101. The summed E-state index contributed by atoms with van der Waals surface area (Å²) >= 11 is 0. The van der Waals surface area contributed by atoms with Crippen LogP contribution in [0.4, 0.5) is 5.69 Å². The number of ether oxygens (including phenoxy) is 6. The molecule has 95 heavy (non-hydrogen) atoms. The first-order valence-electron chi connectivity index (χ1n) is 30.3. The molecule has 2 aromatic carbocycles. The Kier molecular flexibility index (Phi) is 25.0. The smallest absolute Gasteiger partial charge is 0.306 e. The van der Waals surface area contributed by atoms with Gasteiger partial charge in [0.2, 0.25) is 41.7 Å². The van der Waals surface area contributed by atoms with Gasteiger partial charge in [-0.2, -0.15) is 0 Å². The van der Waals surface area contributed by atoms with Crippen LogP contribution in [0.5, 0.6) is 5.75 Å². The van der Waals surface area contributed by atoms with Crippen LogP contribution in [-0.2, 0) is 63.7 Å². The number of guanidine groups is 2. The van der Waals surface area contributed by atoms with Crippen molar-refractivity contribution in [1.29, 1.82) is 10.8 Å². The van der Waals surface area contributed by atoms with Crippen molar-refractivity contribution in [2.24, 2.45) is 5.92 Å². The van der Waals surface area contributed by atoms with Gasteiger partial charge < -0.3 is 147 Å². The summed E-state index contributed by atoms with van der Waals surface area (Å²) in [6.07, 6.45) is -32.1. The molecule has 0 aliphatic carbocycles. The number of nitrogens with zero attached hydrogens (tertiary/aromatic N) is 2. The minimum Gasteiger partial charge on any atom is -0.462 e. The van der Waals surface area contributed by atoms with Crippen LogP contribution in [0.2, 0.25) is 0 Å². The van der Waals surface area contributed by atoms with E-state index in [2.05, 4.69) is 42.5 Å². The molecule has 6 heterocycles. The van der Waals surface area contributed by atoms with Crippen molar-refractivity contribution in [3.8, 4) is 5.75 Å². The van der Waals surface area contributed by atoms with Gasteiger partial charge in [0.05, 0.1) is 45.1 Å². The Bertz CT molecular complexity index is 3020. The lowest BCUT2D eigenvalue weighted by atomic mass is 9.95. The van der Waals surface area contributed by atoms with Crippen LogP contribution in [0.3, 0.4) is 0 Å². The summed E-state index contributed by atoms with van der Waals surface area (Å²) < 4.78 is 34.3. The highest BCUT2D eigenvalue weighted by Crippen LogP contribution is 2.33. The molecule has 6 aliphatic rings. The van der Waals surface area contributed by atoms with Crippen LogP contribution in [0, 0.1) is 16.7 Å². The highest BCUT2D eigenvalue weighted by atomic mass is 16.7. The summed E-state index contributed by atoms with van der Waals surface area (Å²) in [7, 11) is 0. The molecule has 8 rings (SSSR count). The average Bonchev–Trinajstić information content (AvgIpc) is 1.77. The fourth-order valence-corrected chi connectivity index (χ4v) is 11.5. The first-order chi connectivity index (χ1) is 45.2. The topological polar surface area (TPSA) is 588 Å². The van der Waals surface area contributed by atoms with Crippen LogP contribution < -0.4 is 52.2 Å². The van der Waals surface area contributed by atoms with Crippen LogP contribution in [0.1, 0.15) is 25.8 Å². The van der Waals surface area contributed by atoms with Gasteiger partial charge in [0, 0.05) is 31.6 Å². The zero-order valence-electron chi connectivity index (χ0n) is 51.1. The van der Waals surface area contributed by atoms with Gasteiger partial charge >= 0.3 is 5.97 Å². The van der Waals surface area contributed by atoms with E-state index in [9.17, 15) is 99.9 Å². The van der Waals surface area contributed by atoms with E-state index in [4.69, 9.17) is 39.2 Å². The highest BCUT2D eigenvalue weighted by molar-refractivity contribution is 6.03. The molecule has 6 amide bonds. The fraction of sp³-hybridized carbons (Fsp3) is 0.632. The molecule has 38 nitrogen and oxygen atoms in total. The largest absolute Gasteiger partial charge is 0.462 e. The average molecular weight is 1350 g/mol. The Morgan fingerprint density at radius 1 is 0.611 bits per heavy atom. The van der Waals surface area contributed by atoms with Gasteiger partial charge in [0.25, 0.3) is 0 Å². The number of anilines is 1. The molecule has 23 N–H and O–H groups in total. The molecule has 526 valence electrons. The van der Waals surface area contributed by atoms with E-state index in [1.807, 2.05) is 0 Å². The van der Waals surface area contributed by atoms with Crippen LogP contribution >= 0.6 is 0 Å². The number of carbonyl (C=O) groups is 7. The number of rotatable bonds is 19. The number of aliphatic hydroxyl groups is 13. The normalized spacial score (nSPS) is 35.4. The van der Waals surface area contributed by atoms with E-state index in [0.717, 1.165) is 9.80 Å². The van der Waals surface area contributed by atoms with E-state index < -0.39 is 240 Å². The van der Waals surface area contributed by atoms with Crippen LogP contribution in [0.25, 0.3) is 0 Å². The molecule has 23 atom stereocenters. The van der Waals surface area contributed by atoms with E-state index in [-0.39, 0.29) is 41.8 Å². The van der Waals surface area contributed by atoms with Gasteiger partial charge in [0.15, 0.2) is 30.5 Å². The second-order valence-electron chi connectivity index (χ2n) is 23.8. The molecule has 6 aliphatic heterocycles. The standard InChI is InChI=1S/C57H82N12O26/c1-22(2)12-35(76)94-48-43(82)41(80)31(20-72)92-55(48)95-47-32(21-73)93-54(46(85)44(47)83)90-25-10-8-23(9-11-25)13-26-50(87)66-36(38(77)27-14-61-56(58)65-27)52(89)67-37(39(78)29-15-62-57(59)69(29)53-45(84)42(81)40(79)30(19-71)91-53)51(88)64-28(18-70)49(86)60-16-34(75)68(17-33(74)63-26)24-6-4-3-5-7-24/h3-11,22,26-32,36-48,53-55,70-73,77-85H,12-21H2,1-2H3,(H2,59,62)(H,60,86)(H,63,74)(H,64,88)(H,66,87)(H,67,89)(H3,58,61,65)/t26-,27?,28+,29?,30-,31-,32-,36+,37-,38?,39?,40-,41-,42+,43+,44-,45+,46+,47-,48+,53+,54+,55-/m1/s1. The highest BCUT2D eigenvalue weighted by Gasteiger charge is 2.55. The monoisotopic (exact) mass is 1350 g/mol. The second kappa shape index (κ2) is 32.4. The van der Waals surface area contributed by atoms with E-state index in [1.165, 1.54) is 48.5 Å². The van der Waals surface area contributed by atoms with Crippen LogP contribution in [0.15, 0.2) is 54.6 Å². The zero-order chi connectivity index (χ0) is 69.3. The number of carbonyl (C=O) groups excluding carboxylic acids is 7. The maximum atomic E-state index is 15.0.